The smallest absolute Gasteiger partial charge is 0.276 e. The van der Waals surface area contributed by atoms with Crippen LogP contribution in [0, 0.1) is 0 Å². The van der Waals surface area contributed by atoms with Gasteiger partial charge in [0.05, 0.1) is 12.0 Å². The van der Waals surface area contributed by atoms with Crippen LogP contribution in [0.5, 0.6) is 0 Å². The Bertz CT molecular complexity index is 1010. The number of nitrogens with zero attached hydrogens (tertiary/aromatic N) is 1. The summed E-state index contributed by atoms with van der Waals surface area (Å²) in [4.78, 5) is 25.8. The summed E-state index contributed by atoms with van der Waals surface area (Å²) >= 11 is 6.07. The van der Waals surface area contributed by atoms with Gasteiger partial charge in [-0.3, -0.25) is 15.0 Å². The van der Waals surface area contributed by atoms with Gasteiger partial charge in [0.15, 0.2) is 0 Å². The molecule has 0 aliphatic carbocycles. The molecule has 0 bridgehead atoms. The fourth-order valence-corrected chi connectivity index (χ4v) is 3.39. The van der Waals surface area contributed by atoms with E-state index >= 15 is 0 Å². The van der Waals surface area contributed by atoms with Crippen molar-refractivity contribution in [1.82, 2.24) is 10.4 Å². The number of fused-ring (bicyclic) bond motifs is 1. The third-order valence-corrected chi connectivity index (χ3v) is 4.78. The Kier molecular flexibility index (Phi) is 5.00. The molecule has 4 rings (SSSR count). The van der Waals surface area contributed by atoms with Gasteiger partial charge in [-0.15, -0.1) is 0 Å². The Balaban J connectivity index is 1.65. The largest absolute Gasteiger partial charge is 0.359 e. The molecule has 1 atom stereocenters. The number of carbonyl (C=O) groups is 2. The van der Waals surface area contributed by atoms with Crippen molar-refractivity contribution in [2.75, 3.05) is 5.32 Å². The van der Waals surface area contributed by atoms with Crippen molar-refractivity contribution >= 4 is 29.1 Å². The Morgan fingerprint density at radius 2 is 1.68 bits per heavy atom. The first kappa shape index (κ1) is 18.1. The molecule has 140 valence electrons. The third-order valence-electron chi connectivity index (χ3n) is 4.55. The maximum atomic E-state index is 13.2. The lowest BCUT2D eigenvalue weighted by atomic mass is 10.0. The van der Waals surface area contributed by atoms with Crippen LogP contribution in [-0.4, -0.2) is 16.8 Å². The van der Waals surface area contributed by atoms with Gasteiger partial charge in [0.2, 0.25) is 5.91 Å². The molecule has 3 aromatic carbocycles. The lowest BCUT2D eigenvalue weighted by Gasteiger charge is -2.37. The molecule has 0 radical (unpaired) electrons. The first-order valence-electron chi connectivity index (χ1n) is 8.90. The molecule has 0 saturated heterocycles. The summed E-state index contributed by atoms with van der Waals surface area (Å²) in [6, 6.07) is 24.0. The number of carbonyl (C=O) groups excluding carboxylic acids is 2. The monoisotopic (exact) mass is 391 g/mol. The van der Waals surface area contributed by atoms with Crippen LogP contribution in [0.3, 0.4) is 0 Å². The van der Waals surface area contributed by atoms with E-state index in [9.17, 15) is 9.59 Å². The molecule has 1 aliphatic rings. The highest BCUT2D eigenvalue weighted by atomic mass is 35.5. The van der Waals surface area contributed by atoms with Crippen LogP contribution in [-0.2, 0) is 11.2 Å². The van der Waals surface area contributed by atoms with Crippen LogP contribution in [0.15, 0.2) is 78.9 Å². The normalized spacial score (nSPS) is 15.5. The zero-order valence-electron chi connectivity index (χ0n) is 14.9. The number of anilines is 1. The van der Waals surface area contributed by atoms with Crippen LogP contribution >= 0.6 is 11.6 Å². The van der Waals surface area contributed by atoms with E-state index in [-0.39, 0.29) is 18.2 Å². The fraction of sp³-hybridized carbons (Fsp3) is 0.0909. The molecule has 6 heteroatoms. The average Bonchev–Trinajstić information content (AvgIpc) is 2.72. The van der Waals surface area contributed by atoms with Crippen molar-refractivity contribution in [2.24, 2.45) is 0 Å². The third kappa shape index (κ3) is 3.70. The van der Waals surface area contributed by atoms with Gasteiger partial charge in [-0.1, -0.05) is 72.3 Å². The summed E-state index contributed by atoms with van der Waals surface area (Å²) in [5.41, 5.74) is 5.59. The van der Waals surface area contributed by atoms with E-state index in [2.05, 4.69) is 10.7 Å². The Morgan fingerprint density at radius 1 is 1.00 bits per heavy atom. The van der Waals surface area contributed by atoms with E-state index in [1.165, 1.54) is 5.01 Å². The molecule has 0 aromatic heterocycles. The number of hydrazine groups is 1. The van der Waals surface area contributed by atoms with E-state index in [0.717, 1.165) is 11.1 Å². The Hall–Kier alpha value is -3.31. The molecule has 28 heavy (non-hydrogen) atoms. The second-order valence-corrected chi connectivity index (χ2v) is 6.96. The molecule has 0 fully saturated rings. The summed E-state index contributed by atoms with van der Waals surface area (Å²) < 4.78 is 0. The van der Waals surface area contributed by atoms with Gasteiger partial charge < -0.3 is 5.32 Å². The van der Waals surface area contributed by atoms with E-state index in [1.807, 2.05) is 60.7 Å². The summed E-state index contributed by atoms with van der Waals surface area (Å²) in [5.74, 6) is -0.584. The lowest BCUT2D eigenvalue weighted by Crippen LogP contribution is -2.53. The SMILES string of the molecule is O=C(Cc1ccccc1)NN1C(=O)c2cc(Cl)ccc2NC1c1ccccc1. The quantitative estimate of drug-likeness (QED) is 0.701. The first-order chi connectivity index (χ1) is 13.6. The highest BCUT2D eigenvalue weighted by Crippen LogP contribution is 2.33. The van der Waals surface area contributed by atoms with Crippen LogP contribution in [0.2, 0.25) is 5.02 Å². The fourth-order valence-electron chi connectivity index (χ4n) is 3.22. The number of benzene rings is 3. The first-order valence-corrected chi connectivity index (χ1v) is 9.27. The van der Waals surface area contributed by atoms with Crippen LogP contribution in [0.4, 0.5) is 5.69 Å². The molecule has 3 aromatic rings. The molecule has 2 amide bonds. The molecular weight excluding hydrogens is 374 g/mol. The van der Waals surface area contributed by atoms with E-state index in [1.54, 1.807) is 18.2 Å². The zero-order valence-corrected chi connectivity index (χ0v) is 15.7. The van der Waals surface area contributed by atoms with Crippen molar-refractivity contribution in [3.8, 4) is 0 Å². The van der Waals surface area contributed by atoms with Crippen LogP contribution in [0.25, 0.3) is 0 Å². The molecule has 1 aliphatic heterocycles. The molecule has 0 spiro atoms. The van der Waals surface area contributed by atoms with Gasteiger partial charge in [0, 0.05) is 10.7 Å². The topological polar surface area (TPSA) is 61.4 Å². The van der Waals surface area contributed by atoms with Gasteiger partial charge in [0.25, 0.3) is 5.91 Å². The molecular formula is C22H18ClN3O2. The minimum absolute atomic E-state index is 0.175. The van der Waals surface area contributed by atoms with Crippen LogP contribution < -0.4 is 10.7 Å². The summed E-state index contributed by atoms with van der Waals surface area (Å²) in [6.07, 6.45) is -0.351. The second kappa shape index (κ2) is 7.74. The predicted octanol–water partition coefficient (Wildman–Crippen LogP) is 4.18. The van der Waals surface area contributed by atoms with Crippen molar-refractivity contribution in [3.05, 3.63) is 101 Å². The van der Waals surface area contributed by atoms with Gasteiger partial charge in [0.1, 0.15) is 6.17 Å². The van der Waals surface area contributed by atoms with Crippen molar-refractivity contribution in [3.63, 3.8) is 0 Å². The zero-order chi connectivity index (χ0) is 19.5. The number of amides is 2. The minimum atomic E-state index is -0.526. The standard InChI is InChI=1S/C22H18ClN3O2/c23-17-11-12-19-18(14-17)22(28)26(21(24-19)16-9-5-2-6-10-16)25-20(27)13-15-7-3-1-4-8-15/h1-12,14,21,24H,13H2,(H,25,27). The highest BCUT2D eigenvalue weighted by molar-refractivity contribution is 6.31. The number of hydrogen-bond donors (Lipinski definition) is 2. The van der Waals surface area contributed by atoms with Crippen molar-refractivity contribution in [2.45, 2.75) is 12.6 Å². The van der Waals surface area contributed by atoms with E-state index < -0.39 is 6.17 Å². The maximum absolute atomic E-state index is 13.2. The molecule has 2 N–H and O–H groups in total. The lowest BCUT2D eigenvalue weighted by molar-refractivity contribution is -0.125. The van der Waals surface area contributed by atoms with E-state index in [4.69, 9.17) is 11.6 Å². The van der Waals surface area contributed by atoms with Gasteiger partial charge in [-0.05, 0) is 29.3 Å². The van der Waals surface area contributed by atoms with Gasteiger partial charge in [-0.25, -0.2) is 5.01 Å². The Labute approximate surface area is 167 Å². The summed E-state index contributed by atoms with van der Waals surface area (Å²) in [6.45, 7) is 0. The number of rotatable bonds is 4. The molecule has 5 nitrogen and oxygen atoms in total. The molecule has 1 heterocycles. The number of hydrogen-bond acceptors (Lipinski definition) is 3. The number of nitrogens with one attached hydrogen (secondary N) is 2. The predicted molar refractivity (Wildman–Crippen MR) is 109 cm³/mol. The van der Waals surface area contributed by atoms with Gasteiger partial charge in [-0.2, -0.15) is 0 Å². The van der Waals surface area contributed by atoms with Gasteiger partial charge >= 0.3 is 0 Å². The van der Waals surface area contributed by atoms with Crippen molar-refractivity contribution < 1.29 is 9.59 Å². The number of halogens is 1. The summed E-state index contributed by atoms with van der Waals surface area (Å²) in [7, 11) is 0. The Morgan fingerprint density at radius 3 is 2.39 bits per heavy atom. The maximum Gasteiger partial charge on any atom is 0.276 e. The van der Waals surface area contributed by atoms with Crippen molar-refractivity contribution in [1.29, 1.82) is 0 Å². The minimum Gasteiger partial charge on any atom is -0.359 e. The second-order valence-electron chi connectivity index (χ2n) is 6.52. The molecule has 0 saturated carbocycles. The molecule has 1 unspecified atom stereocenters. The van der Waals surface area contributed by atoms with E-state index in [0.29, 0.717) is 16.3 Å². The summed E-state index contributed by atoms with van der Waals surface area (Å²) in [5, 5.41) is 5.12. The average molecular weight is 392 g/mol. The highest BCUT2D eigenvalue weighted by Gasteiger charge is 2.34. The van der Waals surface area contributed by atoms with Crippen LogP contribution in [0.1, 0.15) is 27.7 Å².